The first kappa shape index (κ1) is 24.2. The second kappa shape index (κ2) is 11.3. The van der Waals surface area contributed by atoms with Gasteiger partial charge in [-0.1, -0.05) is 48.5 Å². The highest BCUT2D eigenvalue weighted by molar-refractivity contribution is 7.58. The van der Waals surface area contributed by atoms with Gasteiger partial charge in [0.05, 0.1) is 22.3 Å². The molecule has 0 bridgehead atoms. The van der Waals surface area contributed by atoms with Crippen LogP contribution in [-0.2, 0) is 4.57 Å². The average Bonchev–Trinajstić information content (AvgIpc) is 2.55. The Morgan fingerprint density at radius 1 is 1.23 bits per heavy atom. The van der Waals surface area contributed by atoms with Crippen molar-refractivity contribution in [2.24, 2.45) is 5.92 Å². The van der Waals surface area contributed by atoms with Gasteiger partial charge in [-0.15, -0.1) is 12.4 Å². The van der Waals surface area contributed by atoms with Crippen molar-refractivity contribution in [3.8, 4) is 0 Å². The van der Waals surface area contributed by atoms with Crippen molar-refractivity contribution in [2.45, 2.75) is 51.2 Å². The van der Waals surface area contributed by atoms with Crippen molar-refractivity contribution in [3.05, 3.63) is 33.8 Å². The average molecular weight is 445 g/mol. The molecule has 2 unspecified atom stereocenters. The summed E-state index contributed by atoms with van der Waals surface area (Å²) in [5, 5.41) is 14.3. The number of benzene rings is 1. The van der Waals surface area contributed by atoms with Crippen molar-refractivity contribution >= 4 is 43.0 Å². The number of rotatable bonds is 8. The van der Waals surface area contributed by atoms with E-state index in [9.17, 15) is 14.6 Å². The fourth-order valence-electron chi connectivity index (χ4n) is 3.45. The molecule has 2 rings (SSSR count). The normalized spacial score (nSPS) is 20.0. The Balaban J connectivity index is 0.00000338. The number of aliphatic hydroxyl groups is 1. The SMILES string of the molecule is CC(NC[C@@H](O)CP(=O)(O)CC1CCCCC1)c1ccc(Cl)c(Cl)c1.Cl. The van der Waals surface area contributed by atoms with E-state index in [0.29, 0.717) is 22.1 Å². The molecular weight excluding hydrogens is 416 g/mol. The third-order valence-corrected chi connectivity index (χ3v) is 7.69. The Morgan fingerprint density at radius 2 is 1.88 bits per heavy atom. The second-order valence-electron chi connectivity index (χ2n) is 7.17. The molecule has 0 saturated heterocycles. The summed E-state index contributed by atoms with van der Waals surface area (Å²) < 4.78 is 12.4. The molecule has 1 aromatic carbocycles. The van der Waals surface area contributed by atoms with Crippen molar-refractivity contribution in [2.75, 3.05) is 18.9 Å². The van der Waals surface area contributed by atoms with Crippen LogP contribution in [-0.4, -0.2) is 35.0 Å². The molecule has 1 aromatic rings. The van der Waals surface area contributed by atoms with Gasteiger partial charge in [-0.05, 0) is 43.4 Å². The highest BCUT2D eigenvalue weighted by Gasteiger charge is 2.28. The summed E-state index contributed by atoms with van der Waals surface area (Å²) in [6.45, 7) is 2.21. The minimum Gasteiger partial charge on any atom is -0.391 e. The molecule has 150 valence electrons. The molecule has 0 amide bonds. The first-order chi connectivity index (χ1) is 11.8. The molecular formula is C18H29Cl3NO3P. The number of halogens is 3. The van der Waals surface area contributed by atoms with Crippen LogP contribution in [0.4, 0.5) is 0 Å². The maximum absolute atomic E-state index is 12.4. The fourth-order valence-corrected chi connectivity index (χ4v) is 5.87. The molecule has 0 aromatic heterocycles. The van der Waals surface area contributed by atoms with Crippen molar-refractivity contribution in [1.29, 1.82) is 0 Å². The lowest BCUT2D eigenvalue weighted by atomic mass is 9.91. The maximum atomic E-state index is 12.4. The molecule has 4 nitrogen and oxygen atoms in total. The van der Waals surface area contributed by atoms with Crippen LogP contribution in [0.2, 0.25) is 10.0 Å². The van der Waals surface area contributed by atoms with Gasteiger partial charge in [-0.3, -0.25) is 4.57 Å². The lowest BCUT2D eigenvalue weighted by Crippen LogP contribution is -2.32. The fraction of sp³-hybridized carbons (Fsp3) is 0.667. The summed E-state index contributed by atoms with van der Waals surface area (Å²) in [5.74, 6) is 0.333. The largest absolute Gasteiger partial charge is 0.391 e. The van der Waals surface area contributed by atoms with E-state index in [4.69, 9.17) is 23.2 Å². The lowest BCUT2D eigenvalue weighted by Gasteiger charge is -2.25. The minimum atomic E-state index is -3.29. The van der Waals surface area contributed by atoms with Gasteiger partial charge < -0.3 is 15.3 Å². The van der Waals surface area contributed by atoms with Gasteiger partial charge in [0.15, 0.2) is 0 Å². The van der Waals surface area contributed by atoms with Crippen molar-refractivity contribution < 1.29 is 14.6 Å². The van der Waals surface area contributed by atoms with Gasteiger partial charge in [0.25, 0.3) is 0 Å². The Labute approximate surface area is 172 Å². The van der Waals surface area contributed by atoms with Crippen LogP contribution in [0.15, 0.2) is 18.2 Å². The van der Waals surface area contributed by atoms with E-state index in [2.05, 4.69) is 5.32 Å². The van der Waals surface area contributed by atoms with E-state index in [0.717, 1.165) is 31.2 Å². The Morgan fingerprint density at radius 3 is 2.50 bits per heavy atom. The molecule has 1 aliphatic rings. The van der Waals surface area contributed by atoms with Crippen LogP contribution in [0.1, 0.15) is 50.6 Å². The molecule has 3 atom stereocenters. The summed E-state index contributed by atoms with van der Waals surface area (Å²) in [6.07, 6.45) is 5.04. The quantitative estimate of drug-likeness (QED) is 0.477. The number of hydrogen-bond donors (Lipinski definition) is 3. The zero-order valence-corrected chi connectivity index (χ0v) is 18.3. The molecule has 8 heteroatoms. The van der Waals surface area contributed by atoms with Crippen LogP contribution in [0, 0.1) is 5.92 Å². The summed E-state index contributed by atoms with van der Waals surface area (Å²) in [5.41, 5.74) is 0.955. The van der Waals surface area contributed by atoms with Crippen LogP contribution in [0.5, 0.6) is 0 Å². The lowest BCUT2D eigenvalue weighted by molar-refractivity contribution is 0.186. The number of nitrogens with one attached hydrogen (secondary N) is 1. The predicted octanol–water partition coefficient (Wildman–Crippen LogP) is 5.28. The topological polar surface area (TPSA) is 69.6 Å². The molecule has 0 spiro atoms. The third kappa shape index (κ3) is 8.06. The van der Waals surface area contributed by atoms with E-state index < -0.39 is 13.5 Å². The number of hydrogen-bond acceptors (Lipinski definition) is 3. The Kier molecular flexibility index (Phi) is 10.5. The Hall–Kier alpha value is 0.200. The van der Waals surface area contributed by atoms with Crippen LogP contribution in [0.3, 0.4) is 0 Å². The van der Waals surface area contributed by atoms with Crippen LogP contribution in [0.25, 0.3) is 0 Å². The van der Waals surface area contributed by atoms with Crippen molar-refractivity contribution in [1.82, 2.24) is 5.32 Å². The van der Waals surface area contributed by atoms with Crippen LogP contribution >= 0.6 is 43.0 Å². The summed E-state index contributed by atoms with van der Waals surface area (Å²) in [4.78, 5) is 10.2. The number of aliphatic hydroxyl groups excluding tert-OH is 1. The Bertz CT molecular complexity index is 611. The van der Waals surface area contributed by atoms with E-state index >= 15 is 0 Å². The highest BCUT2D eigenvalue weighted by Crippen LogP contribution is 2.45. The van der Waals surface area contributed by atoms with E-state index in [1.165, 1.54) is 6.42 Å². The molecule has 0 aliphatic heterocycles. The first-order valence-electron chi connectivity index (χ1n) is 8.94. The summed E-state index contributed by atoms with van der Waals surface area (Å²) >= 11 is 11.9. The van der Waals surface area contributed by atoms with Gasteiger partial charge in [-0.2, -0.15) is 0 Å². The molecule has 26 heavy (non-hydrogen) atoms. The van der Waals surface area contributed by atoms with Gasteiger partial charge >= 0.3 is 0 Å². The molecule has 1 saturated carbocycles. The van der Waals surface area contributed by atoms with E-state index in [1.54, 1.807) is 12.1 Å². The van der Waals surface area contributed by atoms with E-state index in [-0.39, 0.29) is 31.2 Å². The zero-order chi connectivity index (χ0) is 18.4. The van der Waals surface area contributed by atoms with Crippen LogP contribution < -0.4 is 5.32 Å². The standard InChI is InChI=1S/C18H28Cl2NO3P.ClH/c1-13(15-7-8-17(19)18(20)9-15)21-10-16(22)12-25(23,24)11-14-5-3-2-4-6-14;/h7-9,13-14,16,21-22H,2-6,10-12H2,1H3,(H,23,24);1H/t13?,16-;/m1./s1. The highest BCUT2D eigenvalue weighted by atomic mass is 35.5. The van der Waals surface area contributed by atoms with Gasteiger partial charge in [0, 0.05) is 18.7 Å². The smallest absolute Gasteiger partial charge is 0.203 e. The van der Waals surface area contributed by atoms with Crippen molar-refractivity contribution in [3.63, 3.8) is 0 Å². The first-order valence-corrected chi connectivity index (χ1v) is 11.7. The zero-order valence-electron chi connectivity index (χ0n) is 15.0. The van der Waals surface area contributed by atoms with E-state index in [1.807, 2.05) is 13.0 Å². The predicted molar refractivity (Wildman–Crippen MR) is 112 cm³/mol. The molecule has 0 radical (unpaired) electrons. The molecule has 0 heterocycles. The maximum Gasteiger partial charge on any atom is 0.203 e. The molecule has 3 N–H and O–H groups in total. The molecule has 1 fully saturated rings. The van der Waals surface area contributed by atoms with Gasteiger partial charge in [0.1, 0.15) is 0 Å². The summed E-state index contributed by atoms with van der Waals surface area (Å²) in [7, 11) is -3.29. The monoisotopic (exact) mass is 443 g/mol. The van der Waals surface area contributed by atoms with Gasteiger partial charge in [0.2, 0.25) is 7.37 Å². The van der Waals surface area contributed by atoms with Gasteiger partial charge in [-0.25, -0.2) is 0 Å². The second-order valence-corrected chi connectivity index (χ2v) is 10.4. The molecule has 1 aliphatic carbocycles. The summed E-state index contributed by atoms with van der Waals surface area (Å²) in [6, 6.07) is 5.35. The third-order valence-electron chi connectivity index (χ3n) is 4.87. The minimum absolute atomic E-state index is 0.